The summed E-state index contributed by atoms with van der Waals surface area (Å²) >= 11 is 5.77. The zero-order valence-electron chi connectivity index (χ0n) is 15.4. The lowest BCUT2D eigenvalue weighted by Gasteiger charge is -2.39. The number of aryl methyl sites for hydroxylation is 2. The van der Waals surface area contributed by atoms with Crippen LogP contribution in [0.25, 0.3) is 0 Å². The molecule has 138 valence electrons. The van der Waals surface area contributed by atoms with E-state index in [9.17, 15) is 4.39 Å². The van der Waals surface area contributed by atoms with Crippen molar-refractivity contribution in [3.05, 3.63) is 89.0 Å². The van der Waals surface area contributed by atoms with Gasteiger partial charge in [0, 0.05) is 36.2 Å². The topological polar surface area (TPSA) is 20.2 Å². The average Bonchev–Trinajstić information content (AvgIpc) is 3.13. The van der Waals surface area contributed by atoms with Crippen LogP contribution in [0.3, 0.4) is 0 Å². The van der Waals surface area contributed by atoms with E-state index < -0.39 is 0 Å². The number of anilines is 1. The lowest BCUT2D eigenvalue weighted by Crippen LogP contribution is -2.44. The first-order valence-electron chi connectivity index (χ1n) is 9.09. The van der Waals surface area contributed by atoms with Crippen molar-refractivity contribution in [1.82, 2.24) is 9.47 Å². The summed E-state index contributed by atoms with van der Waals surface area (Å²) in [7, 11) is 0. The second kappa shape index (κ2) is 7.16. The summed E-state index contributed by atoms with van der Waals surface area (Å²) in [5.74, 6) is -0.211. The van der Waals surface area contributed by atoms with Gasteiger partial charge >= 0.3 is 0 Å². The molecule has 1 N–H and O–H groups in total. The molecule has 0 saturated carbocycles. The summed E-state index contributed by atoms with van der Waals surface area (Å²) in [6, 6.07) is 17.0. The molecule has 0 bridgehead atoms. The molecule has 0 fully saturated rings. The molecule has 1 atom stereocenters. The van der Waals surface area contributed by atoms with Gasteiger partial charge in [-0.15, -0.1) is 0 Å². The van der Waals surface area contributed by atoms with Crippen molar-refractivity contribution in [2.24, 2.45) is 0 Å². The zero-order valence-corrected chi connectivity index (χ0v) is 16.3. The molecule has 3 aromatic rings. The molecule has 1 aliphatic heterocycles. The van der Waals surface area contributed by atoms with Crippen molar-refractivity contribution in [3.8, 4) is 0 Å². The van der Waals surface area contributed by atoms with Crippen molar-refractivity contribution in [1.29, 1.82) is 0 Å². The summed E-state index contributed by atoms with van der Waals surface area (Å²) in [6.45, 7) is 5.66. The number of halogens is 1. The van der Waals surface area contributed by atoms with E-state index in [0.29, 0.717) is 10.7 Å². The first-order chi connectivity index (χ1) is 13.0. The third kappa shape index (κ3) is 3.35. The molecule has 0 saturated heterocycles. The highest BCUT2D eigenvalue weighted by atomic mass is 32.1. The van der Waals surface area contributed by atoms with Crippen molar-refractivity contribution in [3.63, 3.8) is 0 Å². The van der Waals surface area contributed by atoms with Crippen LogP contribution < -0.4 is 5.32 Å². The number of benzene rings is 2. The monoisotopic (exact) mass is 379 g/mol. The highest BCUT2D eigenvalue weighted by Gasteiger charge is 2.32. The van der Waals surface area contributed by atoms with Crippen molar-refractivity contribution >= 4 is 23.0 Å². The lowest BCUT2D eigenvalue weighted by atomic mass is 9.99. The maximum absolute atomic E-state index is 14.7. The van der Waals surface area contributed by atoms with E-state index in [2.05, 4.69) is 46.8 Å². The molecule has 2 heterocycles. The highest BCUT2D eigenvalue weighted by Crippen LogP contribution is 2.34. The fourth-order valence-corrected chi connectivity index (χ4v) is 3.99. The van der Waals surface area contributed by atoms with E-state index in [1.54, 1.807) is 6.07 Å². The van der Waals surface area contributed by atoms with Crippen LogP contribution in [0.2, 0.25) is 0 Å². The SMILES string of the molecule is Cc1ccc(C)c(NC(=S)N2CCn3cccc3C2c2ccccc2F)c1. The third-order valence-corrected chi connectivity index (χ3v) is 5.47. The van der Waals surface area contributed by atoms with Crippen LogP contribution in [-0.4, -0.2) is 21.1 Å². The van der Waals surface area contributed by atoms with Gasteiger partial charge in [0.05, 0.1) is 6.04 Å². The van der Waals surface area contributed by atoms with Gasteiger partial charge in [-0.05, 0) is 61.5 Å². The van der Waals surface area contributed by atoms with Crippen molar-refractivity contribution < 1.29 is 4.39 Å². The molecule has 1 unspecified atom stereocenters. The van der Waals surface area contributed by atoms with Crippen LogP contribution in [0.4, 0.5) is 10.1 Å². The molecule has 2 aromatic carbocycles. The predicted octanol–water partition coefficient (Wildman–Crippen LogP) is 5.05. The summed E-state index contributed by atoms with van der Waals surface area (Å²) in [6.07, 6.45) is 2.04. The highest BCUT2D eigenvalue weighted by molar-refractivity contribution is 7.80. The fraction of sp³-hybridized carbons (Fsp3) is 0.227. The Hall–Kier alpha value is -2.66. The Morgan fingerprint density at radius 2 is 1.89 bits per heavy atom. The molecule has 4 rings (SSSR count). The summed E-state index contributed by atoms with van der Waals surface area (Å²) in [5.41, 5.74) is 4.99. The Morgan fingerprint density at radius 1 is 1.07 bits per heavy atom. The maximum atomic E-state index is 14.7. The molecular weight excluding hydrogens is 357 g/mol. The van der Waals surface area contributed by atoms with Gasteiger partial charge in [0.25, 0.3) is 0 Å². The second-order valence-electron chi connectivity index (χ2n) is 6.99. The van der Waals surface area contributed by atoms with Gasteiger partial charge < -0.3 is 14.8 Å². The molecule has 0 amide bonds. The molecule has 0 radical (unpaired) electrons. The number of hydrogen-bond acceptors (Lipinski definition) is 1. The van der Waals surface area contributed by atoms with Gasteiger partial charge in [0.2, 0.25) is 0 Å². The Labute approximate surface area is 164 Å². The van der Waals surface area contributed by atoms with Crippen molar-refractivity contribution in [2.75, 3.05) is 11.9 Å². The number of nitrogens with zero attached hydrogens (tertiary/aromatic N) is 2. The van der Waals surface area contributed by atoms with Gasteiger partial charge in [0.1, 0.15) is 5.82 Å². The van der Waals surface area contributed by atoms with Crippen LogP contribution in [0, 0.1) is 19.7 Å². The molecule has 27 heavy (non-hydrogen) atoms. The molecule has 5 heteroatoms. The lowest BCUT2D eigenvalue weighted by molar-refractivity contribution is 0.288. The molecule has 0 aliphatic carbocycles. The Balaban J connectivity index is 1.71. The molecule has 3 nitrogen and oxygen atoms in total. The molecule has 1 aromatic heterocycles. The normalized spacial score (nSPS) is 16.1. The fourth-order valence-electron chi connectivity index (χ4n) is 3.68. The summed E-state index contributed by atoms with van der Waals surface area (Å²) in [5, 5.41) is 4.00. The number of aromatic nitrogens is 1. The number of hydrogen-bond donors (Lipinski definition) is 1. The van der Waals surface area contributed by atoms with E-state index in [4.69, 9.17) is 12.2 Å². The minimum atomic E-state index is -0.250. The van der Waals surface area contributed by atoms with Gasteiger partial charge in [-0.25, -0.2) is 4.39 Å². The molecular formula is C22H22FN3S. The number of rotatable bonds is 2. The zero-order chi connectivity index (χ0) is 19.0. The van der Waals surface area contributed by atoms with E-state index in [0.717, 1.165) is 30.0 Å². The summed E-state index contributed by atoms with van der Waals surface area (Å²) < 4.78 is 16.8. The van der Waals surface area contributed by atoms with Crippen LogP contribution >= 0.6 is 12.2 Å². The summed E-state index contributed by atoms with van der Waals surface area (Å²) in [4.78, 5) is 2.09. The largest absolute Gasteiger partial charge is 0.348 e. The van der Waals surface area contributed by atoms with Gasteiger partial charge in [-0.3, -0.25) is 0 Å². The number of thiocarbonyl (C=S) groups is 1. The van der Waals surface area contributed by atoms with Gasteiger partial charge in [-0.1, -0.05) is 30.3 Å². The number of fused-ring (bicyclic) bond motifs is 1. The molecule has 1 aliphatic rings. The molecule has 0 spiro atoms. The standard InChI is InChI=1S/C22H22FN3S/c1-15-9-10-16(2)19(14-15)24-22(27)26-13-12-25-11-5-8-20(25)21(26)17-6-3-4-7-18(17)23/h3-11,14,21H,12-13H2,1-2H3,(H,24,27). The van der Waals surface area contributed by atoms with E-state index >= 15 is 0 Å². The van der Waals surface area contributed by atoms with E-state index in [1.165, 1.54) is 11.6 Å². The predicted molar refractivity (Wildman–Crippen MR) is 112 cm³/mol. The van der Waals surface area contributed by atoms with Gasteiger partial charge in [-0.2, -0.15) is 0 Å². The average molecular weight is 380 g/mol. The van der Waals surface area contributed by atoms with Crippen LogP contribution in [0.5, 0.6) is 0 Å². The van der Waals surface area contributed by atoms with Gasteiger partial charge in [0.15, 0.2) is 5.11 Å². The van der Waals surface area contributed by atoms with Crippen molar-refractivity contribution in [2.45, 2.75) is 26.4 Å². The third-order valence-electron chi connectivity index (χ3n) is 5.13. The van der Waals surface area contributed by atoms with Crippen LogP contribution in [0.1, 0.15) is 28.4 Å². The Bertz CT molecular complexity index is 995. The smallest absolute Gasteiger partial charge is 0.174 e. The quantitative estimate of drug-likeness (QED) is 0.630. The van der Waals surface area contributed by atoms with Crippen LogP contribution in [0.15, 0.2) is 60.8 Å². The minimum absolute atomic E-state index is 0.211. The van der Waals surface area contributed by atoms with E-state index in [1.807, 2.05) is 30.5 Å². The first kappa shape index (κ1) is 17.7. The second-order valence-corrected chi connectivity index (χ2v) is 7.38. The Kier molecular flexibility index (Phi) is 4.70. The van der Waals surface area contributed by atoms with Crippen LogP contribution in [-0.2, 0) is 6.54 Å². The maximum Gasteiger partial charge on any atom is 0.174 e. The Morgan fingerprint density at radius 3 is 2.70 bits per heavy atom. The van der Waals surface area contributed by atoms with E-state index in [-0.39, 0.29) is 11.9 Å². The first-order valence-corrected chi connectivity index (χ1v) is 9.50. The minimum Gasteiger partial charge on any atom is -0.348 e. The number of nitrogens with one attached hydrogen (secondary N) is 1.